The van der Waals surface area contributed by atoms with E-state index in [1.54, 1.807) is 0 Å². The molecule has 2 fully saturated rings. The van der Waals surface area contributed by atoms with E-state index in [0.29, 0.717) is 5.54 Å². The SMILES string of the molecule is c1ccc(-c2nccn2C2(C3CC3)CC2)nc1. The van der Waals surface area contributed by atoms with E-state index < -0.39 is 0 Å². The number of imidazole rings is 1. The highest BCUT2D eigenvalue weighted by molar-refractivity contribution is 5.50. The molecule has 0 spiro atoms. The lowest BCUT2D eigenvalue weighted by molar-refractivity contribution is 0.425. The zero-order valence-electron chi connectivity index (χ0n) is 9.71. The van der Waals surface area contributed by atoms with Crippen LogP contribution in [0.5, 0.6) is 0 Å². The van der Waals surface area contributed by atoms with Crippen LogP contribution in [0, 0.1) is 5.92 Å². The minimum absolute atomic E-state index is 0.392. The molecule has 0 unspecified atom stereocenters. The average molecular weight is 225 g/mol. The third kappa shape index (κ3) is 1.35. The summed E-state index contributed by atoms with van der Waals surface area (Å²) in [6, 6.07) is 6.02. The third-order valence-electron chi connectivity index (χ3n) is 4.11. The summed E-state index contributed by atoms with van der Waals surface area (Å²) < 4.78 is 2.38. The Morgan fingerprint density at radius 3 is 2.65 bits per heavy atom. The Morgan fingerprint density at radius 1 is 1.12 bits per heavy atom. The van der Waals surface area contributed by atoms with E-state index in [0.717, 1.165) is 17.4 Å². The largest absolute Gasteiger partial charge is 0.323 e. The molecule has 2 saturated carbocycles. The molecular weight excluding hydrogens is 210 g/mol. The maximum Gasteiger partial charge on any atom is 0.159 e. The predicted octanol–water partition coefficient (Wildman–Crippen LogP) is 2.84. The molecule has 0 amide bonds. The fraction of sp³-hybridized carbons (Fsp3) is 0.429. The minimum Gasteiger partial charge on any atom is -0.323 e. The molecule has 4 rings (SSSR count). The monoisotopic (exact) mass is 225 g/mol. The van der Waals surface area contributed by atoms with Gasteiger partial charge in [0, 0.05) is 24.1 Å². The summed E-state index contributed by atoms with van der Waals surface area (Å²) in [4.78, 5) is 8.92. The highest BCUT2D eigenvalue weighted by atomic mass is 15.2. The summed E-state index contributed by atoms with van der Waals surface area (Å²) in [5, 5.41) is 0. The van der Waals surface area contributed by atoms with Gasteiger partial charge in [-0.25, -0.2) is 4.98 Å². The van der Waals surface area contributed by atoms with Crippen LogP contribution < -0.4 is 0 Å². The zero-order valence-corrected chi connectivity index (χ0v) is 9.71. The first kappa shape index (κ1) is 9.40. The Balaban J connectivity index is 1.81. The van der Waals surface area contributed by atoms with E-state index in [-0.39, 0.29) is 0 Å². The van der Waals surface area contributed by atoms with Gasteiger partial charge in [-0.05, 0) is 43.7 Å². The number of rotatable bonds is 3. The summed E-state index contributed by atoms with van der Waals surface area (Å²) in [7, 11) is 0. The number of pyridine rings is 1. The number of aromatic nitrogens is 3. The van der Waals surface area contributed by atoms with Crippen molar-refractivity contribution in [2.75, 3.05) is 0 Å². The maximum atomic E-state index is 4.50. The molecule has 2 aromatic heterocycles. The zero-order chi connectivity index (χ0) is 11.3. The van der Waals surface area contributed by atoms with Crippen LogP contribution in [0.3, 0.4) is 0 Å². The van der Waals surface area contributed by atoms with E-state index in [4.69, 9.17) is 0 Å². The average Bonchev–Trinajstić information content (AvgIpc) is 3.28. The van der Waals surface area contributed by atoms with Crippen molar-refractivity contribution in [1.82, 2.24) is 14.5 Å². The molecule has 17 heavy (non-hydrogen) atoms. The molecule has 0 atom stereocenters. The second-order valence-corrected chi connectivity index (χ2v) is 5.21. The van der Waals surface area contributed by atoms with E-state index in [1.807, 2.05) is 30.6 Å². The first-order valence-electron chi connectivity index (χ1n) is 6.35. The first-order valence-corrected chi connectivity index (χ1v) is 6.35. The van der Waals surface area contributed by atoms with Crippen molar-refractivity contribution in [3.63, 3.8) is 0 Å². The van der Waals surface area contributed by atoms with Crippen LogP contribution in [0.15, 0.2) is 36.8 Å². The van der Waals surface area contributed by atoms with Crippen molar-refractivity contribution in [2.45, 2.75) is 31.2 Å². The van der Waals surface area contributed by atoms with Crippen LogP contribution in [0.2, 0.25) is 0 Å². The van der Waals surface area contributed by atoms with Gasteiger partial charge in [0.15, 0.2) is 5.82 Å². The van der Waals surface area contributed by atoms with Gasteiger partial charge in [0.2, 0.25) is 0 Å². The Morgan fingerprint density at radius 2 is 2.00 bits per heavy atom. The van der Waals surface area contributed by atoms with Gasteiger partial charge in [-0.1, -0.05) is 6.07 Å². The Labute approximate surface area is 101 Å². The summed E-state index contributed by atoms with van der Waals surface area (Å²) in [6.07, 6.45) is 11.3. The summed E-state index contributed by atoms with van der Waals surface area (Å²) in [5.74, 6) is 1.93. The van der Waals surface area contributed by atoms with Gasteiger partial charge in [-0.15, -0.1) is 0 Å². The Hall–Kier alpha value is -1.64. The van der Waals surface area contributed by atoms with Crippen molar-refractivity contribution >= 4 is 0 Å². The van der Waals surface area contributed by atoms with Gasteiger partial charge in [0.05, 0.1) is 0 Å². The van der Waals surface area contributed by atoms with Gasteiger partial charge >= 0.3 is 0 Å². The molecule has 0 saturated heterocycles. The minimum atomic E-state index is 0.392. The summed E-state index contributed by atoms with van der Waals surface area (Å²) in [5.41, 5.74) is 1.38. The normalized spacial score (nSPS) is 21.4. The number of hydrogen-bond acceptors (Lipinski definition) is 2. The standard InChI is InChI=1S/C14H15N3/c1-2-8-15-12(3-1)13-16-9-10-17(13)14(6-7-14)11-4-5-11/h1-3,8-11H,4-7H2. The van der Waals surface area contributed by atoms with Gasteiger partial charge in [-0.2, -0.15) is 0 Å². The van der Waals surface area contributed by atoms with E-state index in [2.05, 4.69) is 20.7 Å². The molecule has 86 valence electrons. The van der Waals surface area contributed by atoms with Crippen LogP contribution in [0.1, 0.15) is 25.7 Å². The highest BCUT2D eigenvalue weighted by Gasteiger charge is 2.55. The summed E-state index contributed by atoms with van der Waals surface area (Å²) in [6.45, 7) is 0. The molecule has 2 heterocycles. The Kier molecular flexibility index (Phi) is 1.76. The van der Waals surface area contributed by atoms with E-state index in [9.17, 15) is 0 Å². The van der Waals surface area contributed by atoms with Crippen LogP contribution in [0.25, 0.3) is 11.5 Å². The van der Waals surface area contributed by atoms with Gasteiger partial charge in [-0.3, -0.25) is 4.98 Å². The quantitative estimate of drug-likeness (QED) is 0.804. The second kappa shape index (κ2) is 3.19. The lowest BCUT2D eigenvalue weighted by Crippen LogP contribution is -2.19. The van der Waals surface area contributed by atoms with Gasteiger partial charge < -0.3 is 4.57 Å². The Bertz CT molecular complexity index is 536. The topological polar surface area (TPSA) is 30.7 Å². The lowest BCUT2D eigenvalue weighted by Gasteiger charge is -2.19. The lowest BCUT2D eigenvalue weighted by atomic mass is 10.1. The molecule has 2 aliphatic rings. The van der Waals surface area contributed by atoms with Crippen molar-refractivity contribution in [3.05, 3.63) is 36.8 Å². The molecule has 0 aromatic carbocycles. The van der Waals surface area contributed by atoms with Gasteiger partial charge in [0.25, 0.3) is 0 Å². The van der Waals surface area contributed by atoms with Crippen LogP contribution in [-0.2, 0) is 5.54 Å². The molecule has 0 bridgehead atoms. The van der Waals surface area contributed by atoms with Crippen LogP contribution in [0.4, 0.5) is 0 Å². The number of nitrogens with zero attached hydrogens (tertiary/aromatic N) is 3. The van der Waals surface area contributed by atoms with Crippen molar-refractivity contribution < 1.29 is 0 Å². The molecule has 0 aliphatic heterocycles. The van der Waals surface area contributed by atoms with Crippen LogP contribution in [-0.4, -0.2) is 14.5 Å². The smallest absolute Gasteiger partial charge is 0.159 e. The van der Waals surface area contributed by atoms with Crippen LogP contribution >= 0.6 is 0 Å². The number of hydrogen-bond donors (Lipinski definition) is 0. The van der Waals surface area contributed by atoms with Crippen molar-refractivity contribution in [2.24, 2.45) is 5.92 Å². The maximum absolute atomic E-state index is 4.50. The fourth-order valence-electron chi connectivity index (χ4n) is 2.94. The van der Waals surface area contributed by atoms with Crippen molar-refractivity contribution in [1.29, 1.82) is 0 Å². The highest BCUT2D eigenvalue weighted by Crippen LogP contribution is 2.60. The molecule has 3 nitrogen and oxygen atoms in total. The second-order valence-electron chi connectivity index (χ2n) is 5.21. The molecule has 3 heteroatoms. The van der Waals surface area contributed by atoms with Gasteiger partial charge in [0.1, 0.15) is 5.69 Å². The fourth-order valence-corrected chi connectivity index (χ4v) is 2.94. The molecular formula is C14H15N3. The molecule has 2 aliphatic carbocycles. The third-order valence-corrected chi connectivity index (χ3v) is 4.11. The first-order chi connectivity index (χ1) is 8.40. The molecule has 2 aromatic rings. The van der Waals surface area contributed by atoms with E-state index >= 15 is 0 Å². The summed E-state index contributed by atoms with van der Waals surface area (Å²) >= 11 is 0. The van der Waals surface area contributed by atoms with Crippen molar-refractivity contribution in [3.8, 4) is 11.5 Å². The predicted molar refractivity (Wildman–Crippen MR) is 65.4 cm³/mol. The molecule has 0 radical (unpaired) electrons. The van der Waals surface area contributed by atoms with E-state index in [1.165, 1.54) is 25.7 Å². The molecule has 0 N–H and O–H groups in total.